The van der Waals surface area contributed by atoms with Gasteiger partial charge in [0.05, 0.1) is 12.7 Å². The van der Waals surface area contributed by atoms with E-state index in [1.807, 2.05) is 30.3 Å². The first kappa shape index (κ1) is 28.1. The molecule has 0 amide bonds. The molecule has 0 aliphatic carbocycles. The number of hydrogen-bond donors (Lipinski definition) is 2. The van der Waals surface area contributed by atoms with Crippen LogP contribution in [0.3, 0.4) is 0 Å². The summed E-state index contributed by atoms with van der Waals surface area (Å²) in [5.41, 5.74) is 0.965. The van der Waals surface area contributed by atoms with Crippen LogP contribution in [0, 0.1) is 0 Å². The molecule has 170 valence electrons. The molecule has 0 spiro atoms. The minimum absolute atomic E-state index is 0.0271. The molecule has 1 rings (SSSR count). The number of aliphatic hydroxyl groups is 2. The fourth-order valence-corrected chi connectivity index (χ4v) is 3.58. The van der Waals surface area contributed by atoms with Gasteiger partial charge in [0, 0.05) is 0 Å². The molecule has 2 heteroatoms. The molecule has 0 saturated heterocycles. The fourth-order valence-electron chi connectivity index (χ4n) is 3.58. The lowest BCUT2D eigenvalue weighted by atomic mass is 10.0. The number of aliphatic hydroxyl groups excluding tert-OH is 2. The van der Waals surface area contributed by atoms with E-state index in [0.717, 1.165) is 18.4 Å². The van der Waals surface area contributed by atoms with Crippen LogP contribution in [0.2, 0.25) is 0 Å². The zero-order valence-corrected chi connectivity index (χ0v) is 19.6. The Morgan fingerprint density at radius 2 is 0.966 bits per heavy atom. The van der Waals surface area contributed by atoms with Gasteiger partial charge in [-0.1, -0.05) is 140 Å². The Kier molecular flexibility index (Phi) is 22.7. The lowest BCUT2D eigenvalue weighted by molar-refractivity contribution is 0.147. The summed E-state index contributed by atoms with van der Waals surface area (Å²) in [5.74, 6) is 0. The summed E-state index contributed by atoms with van der Waals surface area (Å²) in [4.78, 5) is 0. The Balaban J connectivity index is 0.000000807. The highest BCUT2D eigenvalue weighted by atomic mass is 16.3. The van der Waals surface area contributed by atoms with Gasteiger partial charge in [-0.3, -0.25) is 0 Å². The van der Waals surface area contributed by atoms with E-state index in [1.165, 1.54) is 96.3 Å². The second-order valence-electron chi connectivity index (χ2n) is 8.47. The molecular formula is C27H50O2. The molecule has 1 aromatic rings. The third-order valence-corrected chi connectivity index (χ3v) is 5.56. The van der Waals surface area contributed by atoms with Gasteiger partial charge in [-0.2, -0.15) is 0 Å². The first-order valence-electron chi connectivity index (χ1n) is 12.6. The van der Waals surface area contributed by atoms with Gasteiger partial charge in [0.15, 0.2) is 0 Å². The van der Waals surface area contributed by atoms with Gasteiger partial charge in [-0.05, 0) is 18.4 Å². The van der Waals surface area contributed by atoms with E-state index in [2.05, 4.69) is 13.8 Å². The van der Waals surface area contributed by atoms with Gasteiger partial charge in [-0.15, -0.1) is 0 Å². The second kappa shape index (κ2) is 23.4. The molecule has 1 unspecified atom stereocenters. The molecule has 1 aromatic carbocycles. The molecule has 2 nitrogen and oxygen atoms in total. The Labute approximate surface area is 182 Å². The van der Waals surface area contributed by atoms with Gasteiger partial charge in [0.2, 0.25) is 0 Å². The lowest BCUT2D eigenvalue weighted by Gasteiger charge is -2.10. The SMILES string of the molecule is CCCCCCCCCCCC(O)CCCCCCCC.OCc1ccccc1. The van der Waals surface area contributed by atoms with Crippen molar-refractivity contribution in [2.24, 2.45) is 0 Å². The monoisotopic (exact) mass is 406 g/mol. The average Bonchev–Trinajstić information content (AvgIpc) is 2.76. The van der Waals surface area contributed by atoms with Crippen LogP contribution in [0.4, 0.5) is 0 Å². The van der Waals surface area contributed by atoms with Crippen molar-refractivity contribution in [2.45, 2.75) is 136 Å². The van der Waals surface area contributed by atoms with Gasteiger partial charge in [0.25, 0.3) is 0 Å². The van der Waals surface area contributed by atoms with Crippen LogP contribution in [-0.2, 0) is 6.61 Å². The highest BCUT2D eigenvalue weighted by Crippen LogP contribution is 2.14. The molecule has 0 aliphatic rings. The highest BCUT2D eigenvalue weighted by Gasteiger charge is 2.03. The van der Waals surface area contributed by atoms with Crippen LogP contribution in [0.25, 0.3) is 0 Å². The van der Waals surface area contributed by atoms with Gasteiger partial charge in [0.1, 0.15) is 0 Å². The molecule has 0 heterocycles. The number of benzene rings is 1. The molecule has 0 aromatic heterocycles. The Morgan fingerprint density at radius 3 is 1.31 bits per heavy atom. The summed E-state index contributed by atoms with van der Waals surface area (Å²) >= 11 is 0. The number of rotatable bonds is 18. The summed E-state index contributed by atoms with van der Waals surface area (Å²) in [6.07, 6.45) is 22.3. The number of unbranched alkanes of at least 4 members (excludes halogenated alkanes) is 13. The van der Waals surface area contributed by atoms with Gasteiger partial charge in [-0.25, -0.2) is 0 Å². The molecule has 0 fully saturated rings. The molecule has 0 bridgehead atoms. The largest absolute Gasteiger partial charge is 0.393 e. The van der Waals surface area contributed by atoms with Crippen molar-refractivity contribution in [1.82, 2.24) is 0 Å². The highest BCUT2D eigenvalue weighted by molar-refractivity contribution is 5.12. The van der Waals surface area contributed by atoms with Crippen LogP contribution < -0.4 is 0 Å². The maximum absolute atomic E-state index is 9.95. The lowest BCUT2D eigenvalue weighted by Crippen LogP contribution is -2.05. The smallest absolute Gasteiger partial charge is 0.0681 e. The first-order chi connectivity index (χ1) is 14.2. The van der Waals surface area contributed by atoms with Gasteiger partial charge >= 0.3 is 0 Å². The van der Waals surface area contributed by atoms with E-state index in [-0.39, 0.29) is 12.7 Å². The molecule has 2 N–H and O–H groups in total. The molecule has 0 radical (unpaired) electrons. The summed E-state index contributed by atoms with van der Waals surface area (Å²) in [6.45, 7) is 4.67. The summed E-state index contributed by atoms with van der Waals surface area (Å²) < 4.78 is 0. The third kappa shape index (κ3) is 21.7. The quantitative estimate of drug-likeness (QED) is 0.241. The molecular weight excluding hydrogens is 356 g/mol. The maximum atomic E-state index is 9.95. The van der Waals surface area contributed by atoms with E-state index in [1.54, 1.807) is 0 Å². The Morgan fingerprint density at radius 1 is 0.586 bits per heavy atom. The minimum atomic E-state index is -0.0271. The van der Waals surface area contributed by atoms with Crippen molar-refractivity contribution in [2.75, 3.05) is 0 Å². The average molecular weight is 407 g/mol. The zero-order chi connectivity index (χ0) is 21.4. The molecule has 1 atom stereocenters. The third-order valence-electron chi connectivity index (χ3n) is 5.56. The van der Waals surface area contributed by atoms with Crippen LogP contribution in [0.5, 0.6) is 0 Å². The summed E-state index contributed by atoms with van der Waals surface area (Å²) in [5, 5.41) is 18.5. The molecule has 29 heavy (non-hydrogen) atoms. The summed E-state index contributed by atoms with van der Waals surface area (Å²) in [7, 11) is 0. The van der Waals surface area contributed by atoms with Crippen LogP contribution in [0.15, 0.2) is 30.3 Å². The van der Waals surface area contributed by atoms with Crippen LogP contribution in [-0.4, -0.2) is 16.3 Å². The number of hydrogen-bond acceptors (Lipinski definition) is 2. The molecule has 0 saturated carbocycles. The fraction of sp³-hybridized carbons (Fsp3) is 0.778. The van der Waals surface area contributed by atoms with Gasteiger partial charge < -0.3 is 10.2 Å². The Hall–Kier alpha value is -0.860. The van der Waals surface area contributed by atoms with Crippen molar-refractivity contribution in [3.63, 3.8) is 0 Å². The topological polar surface area (TPSA) is 40.5 Å². The molecule has 0 aliphatic heterocycles. The van der Waals surface area contributed by atoms with Crippen LogP contribution >= 0.6 is 0 Å². The van der Waals surface area contributed by atoms with Crippen molar-refractivity contribution in [3.05, 3.63) is 35.9 Å². The van der Waals surface area contributed by atoms with Crippen molar-refractivity contribution < 1.29 is 10.2 Å². The maximum Gasteiger partial charge on any atom is 0.0681 e. The van der Waals surface area contributed by atoms with Crippen molar-refractivity contribution in [3.8, 4) is 0 Å². The van der Waals surface area contributed by atoms with E-state index in [0.29, 0.717) is 0 Å². The first-order valence-corrected chi connectivity index (χ1v) is 12.6. The summed E-state index contributed by atoms with van der Waals surface area (Å²) in [6, 6.07) is 9.52. The zero-order valence-electron chi connectivity index (χ0n) is 19.6. The standard InChI is InChI=1S/C20H42O.C7H8O/c1-3-5-7-9-11-12-13-15-17-19-20(21)18-16-14-10-8-6-4-2;8-6-7-4-2-1-3-5-7/h20-21H,3-19H2,1-2H3;1-5,8H,6H2. The Bertz CT molecular complexity index is 404. The van der Waals surface area contributed by atoms with Crippen molar-refractivity contribution in [1.29, 1.82) is 0 Å². The van der Waals surface area contributed by atoms with E-state index in [9.17, 15) is 5.11 Å². The predicted octanol–water partition coefficient (Wildman–Crippen LogP) is 8.20. The normalized spacial score (nSPS) is 11.7. The van der Waals surface area contributed by atoms with E-state index < -0.39 is 0 Å². The van der Waals surface area contributed by atoms with E-state index in [4.69, 9.17) is 5.11 Å². The van der Waals surface area contributed by atoms with Crippen molar-refractivity contribution >= 4 is 0 Å². The predicted molar refractivity (Wildman–Crippen MR) is 128 cm³/mol. The minimum Gasteiger partial charge on any atom is -0.393 e. The van der Waals surface area contributed by atoms with E-state index >= 15 is 0 Å². The van der Waals surface area contributed by atoms with Crippen LogP contribution in [0.1, 0.15) is 129 Å². The second-order valence-corrected chi connectivity index (χ2v) is 8.47.